The van der Waals surface area contributed by atoms with E-state index in [1.807, 2.05) is 16.9 Å². The van der Waals surface area contributed by atoms with Gasteiger partial charge in [0, 0.05) is 33.4 Å². The number of nitrogens with zero attached hydrogens (tertiary/aromatic N) is 2. The Morgan fingerprint density at radius 3 is 3.00 bits per heavy atom. The molecule has 3 nitrogen and oxygen atoms in total. The van der Waals surface area contributed by atoms with Crippen molar-refractivity contribution in [2.24, 2.45) is 0 Å². The summed E-state index contributed by atoms with van der Waals surface area (Å²) in [6, 6.07) is 5.37. The molecule has 96 valence electrons. The van der Waals surface area contributed by atoms with E-state index in [1.54, 1.807) is 18.3 Å². The van der Waals surface area contributed by atoms with Crippen molar-refractivity contribution in [2.45, 2.75) is 26.0 Å². The number of aliphatic hydroxyl groups is 1. The van der Waals surface area contributed by atoms with E-state index in [0.29, 0.717) is 5.02 Å². The van der Waals surface area contributed by atoms with Gasteiger partial charge in [-0.05, 0) is 24.6 Å². The molecule has 0 aliphatic heterocycles. The van der Waals surface area contributed by atoms with E-state index < -0.39 is 6.10 Å². The van der Waals surface area contributed by atoms with Crippen LogP contribution >= 0.6 is 27.5 Å². The van der Waals surface area contributed by atoms with Crippen molar-refractivity contribution in [3.05, 3.63) is 51.2 Å². The summed E-state index contributed by atoms with van der Waals surface area (Å²) in [7, 11) is 0. The normalized spacial score (nSPS) is 12.7. The van der Waals surface area contributed by atoms with Crippen LogP contribution in [-0.2, 0) is 6.54 Å². The van der Waals surface area contributed by atoms with Crippen LogP contribution in [0.2, 0.25) is 5.02 Å². The molecule has 0 saturated carbocycles. The molecule has 0 aliphatic carbocycles. The summed E-state index contributed by atoms with van der Waals surface area (Å²) < 4.78 is 2.67. The Labute approximate surface area is 120 Å². The Bertz CT molecular complexity index is 542. The highest BCUT2D eigenvalue weighted by molar-refractivity contribution is 9.10. The highest BCUT2D eigenvalue weighted by Gasteiger charge is 2.16. The molecule has 5 heteroatoms. The van der Waals surface area contributed by atoms with Crippen molar-refractivity contribution in [1.82, 2.24) is 9.78 Å². The molecule has 1 aromatic heterocycles. The van der Waals surface area contributed by atoms with E-state index in [9.17, 15) is 5.11 Å². The molecule has 0 saturated heterocycles. The third-order valence-electron chi connectivity index (χ3n) is 2.67. The molecule has 0 bridgehead atoms. The molecule has 0 radical (unpaired) electrons. The van der Waals surface area contributed by atoms with E-state index in [-0.39, 0.29) is 0 Å². The minimum atomic E-state index is -0.719. The van der Waals surface area contributed by atoms with Gasteiger partial charge in [0.1, 0.15) is 6.10 Å². The molecule has 0 amide bonds. The average molecular weight is 330 g/mol. The zero-order valence-corrected chi connectivity index (χ0v) is 12.3. The summed E-state index contributed by atoms with van der Waals surface area (Å²) in [6.07, 6.45) is 3.84. The van der Waals surface area contributed by atoms with E-state index in [4.69, 9.17) is 11.6 Å². The first-order valence-corrected chi connectivity index (χ1v) is 6.94. The van der Waals surface area contributed by atoms with Gasteiger partial charge >= 0.3 is 0 Å². The van der Waals surface area contributed by atoms with Crippen LogP contribution in [0.3, 0.4) is 0 Å². The molecule has 1 N–H and O–H groups in total. The largest absolute Gasteiger partial charge is 0.383 e. The molecule has 2 aromatic rings. The van der Waals surface area contributed by atoms with Gasteiger partial charge in [0.05, 0.1) is 6.20 Å². The summed E-state index contributed by atoms with van der Waals surface area (Å²) in [5, 5.41) is 15.2. The maximum absolute atomic E-state index is 10.3. The van der Waals surface area contributed by atoms with Gasteiger partial charge in [0.25, 0.3) is 0 Å². The van der Waals surface area contributed by atoms with Crippen molar-refractivity contribution in [3.63, 3.8) is 0 Å². The van der Waals surface area contributed by atoms with Crippen LogP contribution in [0, 0.1) is 0 Å². The topological polar surface area (TPSA) is 38.0 Å². The monoisotopic (exact) mass is 328 g/mol. The van der Waals surface area contributed by atoms with E-state index in [0.717, 1.165) is 28.6 Å². The van der Waals surface area contributed by atoms with E-state index in [2.05, 4.69) is 28.0 Å². The second-order valence-corrected chi connectivity index (χ2v) is 5.40. The van der Waals surface area contributed by atoms with Crippen molar-refractivity contribution in [2.75, 3.05) is 0 Å². The second kappa shape index (κ2) is 5.87. The van der Waals surface area contributed by atoms with Crippen LogP contribution < -0.4 is 0 Å². The van der Waals surface area contributed by atoms with E-state index >= 15 is 0 Å². The Morgan fingerprint density at radius 1 is 1.50 bits per heavy atom. The lowest BCUT2D eigenvalue weighted by Gasteiger charge is -2.11. The third kappa shape index (κ3) is 2.94. The van der Waals surface area contributed by atoms with Crippen LogP contribution in [-0.4, -0.2) is 14.9 Å². The lowest BCUT2D eigenvalue weighted by Crippen LogP contribution is -2.00. The smallest absolute Gasteiger partial charge is 0.108 e. The number of aryl methyl sites for hydroxylation is 1. The summed E-state index contributed by atoms with van der Waals surface area (Å²) in [5.74, 6) is 0. The number of hydrogen-bond donors (Lipinski definition) is 1. The first kappa shape index (κ1) is 13.6. The van der Waals surface area contributed by atoms with Gasteiger partial charge < -0.3 is 5.11 Å². The summed E-state index contributed by atoms with van der Waals surface area (Å²) in [4.78, 5) is 0. The highest BCUT2D eigenvalue weighted by Crippen LogP contribution is 2.30. The molecule has 1 heterocycles. The van der Waals surface area contributed by atoms with Crippen LogP contribution in [0.4, 0.5) is 0 Å². The van der Waals surface area contributed by atoms with Crippen molar-refractivity contribution in [3.8, 4) is 0 Å². The van der Waals surface area contributed by atoms with Crippen LogP contribution in [0.15, 0.2) is 35.1 Å². The predicted octanol–water partition coefficient (Wildman–Crippen LogP) is 3.79. The fraction of sp³-hybridized carbons (Fsp3) is 0.308. The van der Waals surface area contributed by atoms with Gasteiger partial charge in [-0.1, -0.05) is 34.5 Å². The second-order valence-electron chi connectivity index (χ2n) is 4.11. The molecule has 0 fully saturated rings. The van der Waals surface area contributed by atoms with Gasteiger partial charge in [-0.25, -0.2) is 0 Å². The Morgan fingerprint density at radius 2 is 2.28 bits per heavy atom. The number of aromatic nitrogens is 2. The minimum Gasteiger partial charge on any atom is -0.383 e. The number of hydrogen-bond acceptors (Lipinski definition) is 2. The van der Waals surface area contributed by atoms with Crippen molar-refractivity contribution >= 4 is 27.5 Å². The van der Waals surface area contributed by atoms with Crippen molar-refractivity contribution in [1.29, 1.82) is 0 Å². The van der Waals surface area contributed by atoms with Gasteiger partial charge in [-0.2, -0.15) is 5.10 Å². The van der Waals surface area contributed by atoms with Crippen LogP contribution in [0.1, 0.15) is 30.6 Å². The zero-order chi connectivity index (χ0) is 13.1. The minimum absolute atomic E-state index is 0.605. The number of halogens is 2. The SMILES string of the molecule is CCCn1cc(C(O)c2cc(Cl)ccc2Br)cn1. The highest BCUT2D eigenvalue weighted by atomic mass is 79.9. The Hall–Kier alpha value is -0.840. The third-order valence-corrected chi connectivity index (χ3v) is 3.63. The lowest BCUT2D eigenvalue weighted by atomic mass is 10.1. The maximum atomic E-state index is 10.3. The summed E-state index contributed by atoms with van der Waals surface area (Å²) in [5.41, 5.74) is 1.52. The molecule has 0 spiro atoms. The fourth-order valence-electron chi connectivity index (χ4n) is 1.78. The first-order chi connectivity index (χ1) is 8.61. The molecule has 18 heavy (non-hydrogen) atoms. The molecule has 1 unspecified atom stereocenters. The molecular formula is C13H14BrClN2O. The number of rotatable bonds is 4. The summed E-state index contributed by atoms with van der Waals surface area (Å²) in [6.45, 7) is 2.94. The quantitative estimate of drug-likeness (QED) is 0.926. The van der Waals surface area contributed by atoms with Gasteiger partial charge in [-0.15, -0.1) is 0 Å². The lowest BCUT2D eigenvalue weighted by molar-refractivity contribution is 0.219. The molecule has 2 rings (SSSR count). The fourth-order valence-corrected chi connectivity index (χ4v) is 2.42. The number of aliphatic hydroxyl groups excluding tert-OH is 1. The summed E-state index contributed by atoms with van der Waals surface area (Å²) >= 11 is 9.37. The van der Waals surface area contributed by atoms with Crippen molar-refractivity contribution < 1.29 is 5.11 Å². The van der Waals surface area contributed by atoms with Gasteiger partial charge in [0.15, 0.2) is 0 Å². The average Bonchev–Trinajstić information content (AvgIpc) is 2.80. The van der Waals surface area contributed by atoms with Gasteiger partial charge in [0.2, 0.25) is 0 Å². The van der Waals surface area contributed by atoms with Crippen LogP contribution in [0.25, 0.3) is 0 Å². The molecule has 1 aromatic carbocycles. The Balaban J connectivity index is 2.29. The zero-order valence-electron chi connectivity index (χ0n) is 9.98. The molecule has 0 aliphatic rings. The standard InChI is InChI=1S/C13H14BrClN2O/c1-2-5-17-8-9(7-16-17)13(18)11-6-10(15)3-4-12(11)14/h3-4,6-8,13,18H,2,5H2,1H3. The molecule has 1 atom stereocenters. The Kier molecular flexibility index (Phi) is 4.43. The number of benzene rings is 1. The van der Waals surface area contributed by atoms with E-state index in [1.165, 1.54) is 0 Å². The predicted molar refractivity (Wildman–Crippen MR) is 75.7 cm³/mol. The van der Waals surface area contributed by atoms with Crippen LogP contribution in [0.5, 0.6) is 0 Å². The first-order valence-electron chi connectivity index (χ1n) is 5.77. The molecular weight excluding hydrogens is 316 g/mol. The van der Waals surface area contributed by atoms with Gasteiger partial charge in [-0.3, -0.25) is 4.68 Å². The maximum Gasteiger partial charge on any atom is 0.108 e.